The Bertz CT molecular complexity index is 1110. The first-order chi connectivity index (χ1) is 14.9. The maximum atomic E-state index is 11.9. The quantitative estimate of drug-likeness (QED) is 0.461. The Kier molecular flexibility index (Phi) is 6.77. The largest absolute Gasteiger partial charge is 0.385 e. The second-order valence-electron chi connectivity index (χ2n) is 8.88. The summed E-state index contributed by atoms with van der Waals surface area (Å²) in [5.74, 6) is 0.923. The zero-order valence-corrected chi connectivity index (χ0v) is 19.2. The van der Waals surface area contributed by atoms with Crippen LogP contribution in [0.15, 0.2) is 47.5 Å². The normalized spacial score (nSPS) is 16.2. The van der Waals surface area contributed by atoms with Crippen molar-refractivity contribution in [2.45, 2.75) is 55.8 Å². The van der Waals surface area contributed by atoms with Gasteiger partial charge in [0.1, 0.15) is 5.65 Å². The zero-order chi connectivity index (χ0) is 21.8. The van der Waals surface area contributed by atoms with E-state index in [2.05, 4.69) is 22.1 Å². The van der Waals surface area contributed by atoms with Crippen LogP contribution in [0.3, 0.4) is 0 Å². The van der Waals surface area contributed by atoms with Crippen LogP contribution in [-0.2, 0) is 21.0 Å². The fourth-order valence-electron chi connectivity index (χ4n) is 4.80. The number of hydrogen-bond donors (Lipinski definition) is 1. The Morgan fingerprint density at radius 3 is 2.58 bits per heavy atom. The lowest BCUT2D eigenvalue weighted by molar-refractivity contribution is 0.195. The number of ether oxygens (including phenoxy) is 1. The van der Waals surface area contributed by atoms with Gasteiger partial charge < -0.3 is 9.72 Å². The molecule has 0 bridgehead atoms. The number of aromatic nitrogens is 2. The van der Waals surface area contributed by atoms with Crippen LogP contribution in [0.2, 0.25) is 0 Å². The Balaban J connectivity index is 1.65. The minimum absolute atomic E-state index is 0.211. The monoisotopic (exact) mass is 440 g/mol. The van der Waals surface area contributed by atoms with Crippen molar-refractivity contribution in [2.24, 2.45) is 5.92 Å². The Hall–Kier alpha value is -2.18. The van der Waals surface area contributed by atoms with Crippen LogP contribution in [0.1, 0.15) is 61.3 Å². The zero-order valence-electron chi connectivity index (χ0n) is 18.4. The van der Waals surface area contributed by atoms with Crippen molar-refractivity contribution < 1.29 is 13.2 Å². The van der Waals surface area contributed by atoms with Crippen LogP contribution in [0.4, 0.5) is 0 Å². The minimum Gasteiger partial charge on any atom is -0.385 e. The van der Waals surface area contributed by atoms with E-state index in [0.717, 1.165) is 48.2 Å². The van der Waals surface area contributed by atoms with Crippen LogP contribution < -0.4 is 0 Å². The van der Waals surface area contributed by atoms with Crippen molar-refractivity contribution in [1.29, 1.82) is 0 Å². The molecule has 5 nitrogen and oxygen atoms in total. The van der Waals surface area contributed by atoms with Gasteiger partial charge in [-0.05, 0) is 60.6 Å². The Morgan fingerprint density at radius 2 is 1.90 bits per heavy atom. The molecule has 0 radical (unpaired) electrons. The van der Waals surface area contributed by atoms with Crippen molar-refractivity contribution in [1.82, 2.24) is 9.97 Å². The molecule has 4 rings (SSSR count). The molecule has 0 amide bonds. The lowest BCUT2D eigenvalue weighted by Gasteiger charge is -2.20. The van der Waals surface area contributed by atoms with Gasteiger partial charge in [-0.3, -0.25) is 0 Å². The highest BCUT2D eigenvalue weighted by atomic mass is 32.2. The van der Waals surface area contributed by atoms with E-state index in [9.17, 15) is 8.42 Å². The fourth-order valence-corrected chi connectivity index (χ4v) is 5.43. The van der Waals surface area contributed by atoms with Crippen LogP contribution in [0.5, 0.6) is 0 Å². The predicted molar refractivity (Wildman–Crippen MR) is 124 cm³/mol. The Morgan fingerprint density at radius 1 is 1.16 bits per heavy atom. The maximum Gasteiger partial charge on any atom is 0.175 e. The number of sulfone groups is 1. The second kappa shape index (κ2) is 9.53. The SMILES string of the molecule is COCCCc1cnc2[nH]c(C(CC3CCCC3)c3ccc(S(C)(=O)=O)cc3)cc2c1. The van der Waals surface area contributed by atoms with E-state index in [1.807, 2.05) is 18.3 Å². The fraction of sp³-hybridized carbons (Fsp3) is 0.480. The summed E-state index contributed by atoms with van der Waals surface area (Å²) >= 11 is 0. The summed E-state index contributed by atoms with van der Waals surface area (Å²) in [4.78, 5) is 8.58. The topological polar surface area (TPSA) is 72.0 Å². The van der Waals surface area contributed by atoms with Gasteiger partial charge >= 0.3 is 0 Å². The van der Waals surface area contributed by atoms with Gasteiger partial charge in [-0.2, -0.15) is 0 Å². The lowest BCUT2D eigenvalue weighted by Crippen LogP contribution is -2.08. The molecule has 1 fully saturated rings. The average Bonchev–Trinajstić information content (AvgIpc) is 3.41. The van der Waals surface area contributed by atoms with Gasteiger partial charge in [0.05, 0.1) is 4.90 Å². The molecule has 166 valence electrons. The predicted octanol–water partition coefficient (Wildman–Crippen LogP) is 5.26. The minimum atomic E-state index is -3.19. The van der Waals surface area contributed by atoms with E-state index in [-0.39, 0.29) is 5.92 Å². The molecule has 2 heterocycles. The van der Waals surface area contributed by atoms with Crippen molar-refractivity contribution in [3.8, 4) is 0 Å². The van der Waals surface area contributed by atoms with Crippen molar-refractivity contribution >= 4 is 20.9 Å². The van der Waals surface area contributed by atoms with Gasteiger partial charge in [0.15, 0.2) is 9.84 Å². The number of nitrogens with zero attached hydrogens (tertiary/aromatic N) is 1. The summed E-state index contributed by atoms with van der Waals surface area (Å²) in [6.07, 6.45) is 11.4. The van der Waals surface area contributed by atoms with Gasteiger partial charge in [0.25, 0.3) is 0 Å². The number of hydrogen-bond acceptors (Lipinski definition) is 4. The smallest absolute Gasteiger partial charge is 0.175 e. The number of nitrogens with one attached hydrogen (secondary N) is 1. The summed E-state index contributed by atoms with van der Waals surface area (Å²) in [5.41, 5.74) is 4.45. The third kappa shape index (κ3) is 5.36. The standard InChI is InChI=1S/C25H32N2O3S/c1-30-13-5-8-19-14-21-16-24(27-25(21)26-17-19)23(15-18-6-3-4-7-18)20-9-11-22(12-10-20)31(2,28)29/h9-12,14,16-18,23H,3-8,13,15H2,1-2H3,(H,26,27). The van der Waals surface area contributed by atoms with Crippen LogP contribution in [-0.4, -0.2) is 38.4 Å². The molecule has 6 heteroatoms. The number of rotatable bonds is 9. The molecule has 0 aliphatic heterocycles. The Labute approximate surface area is 185 Å². The van der Waals surface area contributed by atoms with Crippen molar-refractivity contribution in [2.75, 3.05) is 20.0 Å². The molecule has 1 N–H and O–H groups in total. The number of pyridine rings is 1. The molecule has 2 aromatic heterocycles. The van der Waals surface area contributed by atoms with E-state index in [1.54, 1.807) is 19.2 Å². The third-order valence-electron chi connectivity index (χ3n) is 6.49. The molecule has 0 spiro atoms. The molecular formula is C25H32N2O3S. The average molecular weight is 441 g/mol. The summed E-state index contributed by atoms with van der Waals surface area (Å²) in [5, 5.41) is 1.13. The van der Waals surface area contributed by atoms with E-state index in [1.165, 1.54) is 37.5 Å². The molecule has 31 heavy (non-hydrogen) atoms. The summed E-state index contributed by atoms with van der Waals surface area (Å²) in [7, 11) is -1.47. The number of methoxy groups -OCH3 is 1. The first-order valence-corrected chi connectivity index (χ1v) is 13.1. The number of fused-ring (bicyclic) bond motifs is 1. The molecule has 1 saturated carbocycles. The molecule has 1 unspecified atom stereocenters. The summed E-state index contributed by atoms with van der Waals surface area (Å²) in [6.45, 7) is 0.753. The van der Waals surface area contributed by atoms with E-state index < -0.39 is 9.84 Å². The van der Waals surface area contributed by atoms with E-state index >= 15 is 0 Å². The number of aromatic amines is 1. The first kappa shape index (κ1) is 22.0. The number of H-pyrrole nitrogens is 1. The summed E-state index contributed by atoms with van der Waals surface area (Å²) < 4.78 is 28.9. The molecule has 1 aliphatic carbocycles. The number of aryl methyl sites for hydroxylation is 1. The van der Waals surface area contributed by atoms with Crippen LogP contribution in [0, 0.1) is 5.92 Å². The van der Waals surface area contributed by atoms with Gasteiger partial charge in [0, 0.05) is 43.2 Å². The molecule has 3 aromatic rings. The van der Waals surface area contributed by atoms with Gasteiger partial charge in [-0.1, -0.05) is 37.8 Å². The third-order valence-corrected chi connectivity index (χ3v) is 7.62. The molecule has 0 saturated heterocycles. The molecule has 1 atom stereocenters. The highest BCUT2D eigenvalue weighted by molar-refractivity contribution is 7.90. The summed E-state index contributed by atoms with van der Waals surface area (Å²) in [6, 6.07) is 11.9. The van der Waals surface area contributed by atoms with E-state index in [4.69, 9.17) is 4.74 Å². The highest BCUT2D eigenvalue weighted by Gasteiger charge is 2.24. The van der Waals surface area contributed by atoms with Gasteiger partial charge in [0.2, 0.25) is 0 Å². The second-order valence-corrected chi connectivity index (χ2v) is 10.9. The highest BCUT2D eigenvalue weighted by Crippen LogP contribution is 2.38. The van der Waals surface area contributed by atoms with Gasteiger partial charge in [-0.25, -0.2) is 13.4 Å². The number of benzene rings is 1. The van der Waals surface area contributed by atoms with Gasteiger partial charge in [-0.15, -0.1) is 0 Å². The molecule has 1 aromatic carbocycles. The lowest BCUT2D eigenvalue weighted by atomic mass is 9.85. The molecule has 1 aliphatic rings. The van der Waals surface area contributed by atoms with Crippen molar-refractivity contribution in [3.05, 3.63) is 59.4 Å². The van der Waals surface area contributed by atoms with Crippen LogP contribution >= 0.6 is 0 Å². The first-order valence-electron chi connectivity index (χ1n) is 11.2. The van der Waals surface area contributed by atoms with Crippen LogP contribution in [0.25, 0.3) is 11.0 Å². The molecular weight excluding hydrogens is 408 g/mol. The van der Waals surface area contributed by atoms with Crippen molar-refractivity contribution in [3.63, 3.8) is 0 Å². The van der Waals surface area contributed by atoms with E-state index in [0.29, 0.717) is 10.8 Å². The maximum absolute atomic E-state index is 11.9.